The molecule has 0 bridgehead atoms. The van der Waals surface area contributed by atoms with E-state index in [9.17, 15) is 28.0 Å². The lowest BCUT2D eigenvalue weighted by atomic mass is 10.0. The molecule has 0 saturated carbocycles. The molecule has 2 heterocycles. The second kappa shape index (κ2) is 11.6. The third-order valence-corrected chi connectivity index (χ3v) is 8.28. The lowest BCUT2D eigenvalue weighted by Gasteiger charge is -2.25. The summed E-state index contributed by atoms with van der Waals surface area (Å²) in [5.41, 5.74) is 0.614. The number of benzene rings is 2. The van der Waals surface area contributed by atoms with Gasteiger partial charge in [-0.3, -0.25) is 9.36 Å². The third kappa shape index (κ3) is 5.45. The van der Waals surface area contributed by atoms with Gasteiger partial charge in [-0.25, -0.2) is 13.4 Å². The van der Waals surface area contributed by atoms with Crippen LogP contribution in [0.1, 0.15) is 56.1 Å². The van der Waals surface area contributed by atoms with Crippen LogP contribution in [-0.2, 0) is 16.3 Å². The Labute approximate surface area is 226 Å². The van der Waals surface area contributed by atoms with Crippen LogP contribution in [-0.4, -0.2) is 28.1 Å². The first-order valence-corrected chi connectivity index (χ1v) is 14.0. The van der Waals surface area contributed by atoms with E-state index in [-0.39, 0.29) is 16.3 Å². The number of pyridine rings is 1. The number of aromatic hydroxyl groups is 1. The molecular formula is C29H27FN4O4S. The van der Waals surface area contributed by atoms with E-state index < -0.39 is 38.2 Å². The van der Waals surface area contributed by atoms with Crippen molar-refractivity contribution in [1.82, 2.24) is 14.5 Å². The molecule has 0 unspecified atom stereocenters. The van der Waals surface area contributed by atoms with Gasteiger partial charge in [-0.05, 0) is 60.4 Å². The molecule has 0 spiro atoms. The number of rotatable bonds is 9. The van der Waals surface area contributed by atoms with E-state index in [0.29, 0.717) is 36.0 Å². The van der Waals surface area contributed by atoms with Crippen molar-refractivity contribution >= 4 is 9.84 Å². The van der Waals surface area contributed by atoms with Crippen molar-refractivity contribution in [2.75, 3.05) is 0 Å². The molecule has 0 aliphatic heterocycles. The summed E-state index contributed by atoms with van der Waals surface area (Å²) in [5.74, 6) is -1.15. The van der Waals surface area contributed by atoms with Crippen molar-refractivity contribution in [3.8, 4) is 23.1 Å². The van der Waals surface area contributed by atoms with Crippen LogP contribution in [0, 0.1) is 17.3 Å². The summed E-state index contributed by atoms with van der Waals surface area (Å²) in [4.78, 5) is 19.8. The zero-order chi connectivity index (χ0) is 28.2. The standard InChI is InChI=1S/C29H27FN4O4S/c1-3-5-11-25-33-28(35)26(29(36)34(25)24(4-2)21-9-6-8-19(17-21)18-31)39(37,38)22-14-12-20(13-15-22)23-10-7-16-32-27(23)30/h6-10,12-17,24,36H,3-5,11H2,1-2H3/t24-/m0/s1. The maximum Gasteiger partial charge on any atom is 0.296 e. The fourth-order valence-corrected chi connectivity index (χ4v) is 5.88. The molecule has 4 aromatic rings. The van der Waals surface area contributed by atoms with E-state index in [2.05, 4.69) is 16.0 Å². The SMILES string of the molecule is CCCCc1nc(=O)c(S(=O)(=O)c2ccc(-c3cccnc3F)cc2)c(O)n1[C@@H](CC)c1cccc(C#N)c1. The average molecular weight is 547 g/mol. The quantitative estimate of drug-likeness (QED) is 0.286. The largest absolute Gasteiger partial charge is 0.493 e. The summed E-state index contributed by atoms with van der Waals surface area (Å²) < 4.78 is 42.8. The highest BCUT2D eigenvalue weighted by Gasteiger charge is 2.32. The topological polar surface area (TPSA) is 126 Å². The van der Waals surface area contributed by atoms with E-state index in [1.807, 2.05) is 13.8 Å². The van der Waals surface area contributed by atoms with Gasteiger partial charge in [0.05, 0.1) is 22.6 Å². The van der Waals surface area contributed by atoms with E-state index in [4.69, 9.17) is 0 Å². The Balaban J connectivity index is 1.88. The van der Waals surface area contributed by atoms with Crippen molar-refractivity contribution in [2.45, 2.75) is 55.4 Å². The molecule has 0 aliphatic rings. The smallest absolute Gasteiger partial charge is 0.296 e. The molecule has 10 heteroatoms. The van der Waals surface area contributed by atoms with E-state index >= 15 is 0 Å². The zero-order valence-corrected chi connectivity index (χ0v) is 22.3. The van der Waals surface area contributed by atoms with Gasteiger partial charge >= 0.3 is 0 Å². The van der Waals surface area contributed by atoms with Crippen molar-refractivity contribution in [3.05, 3.63) is 100 Å². The van der Waals surface area contributed by atoms with Crippen LogP contribution in [0.25, 0.3) is 11.1 Å². The minimum Gasteiger partial charge on any atom is -0.493 e. The summed E-state index contributed by atoms with van der Waals surface area (Å²) >= 11 is 0. The lowest BCUT2D eigenvalue weighted by molar-refractivity contribution is 0.358. The number of aryl methyl sites for hydroxylation is 1. The summed E-state index contributed by atoms with van der Waals surface area (Å²) in [6.07, 6.45) is 3.54. The van der Waals surface area contributed by atoms with Crippen molar-refractivity contribution in [2.24, 2.45) is 0 Å². The number of aromatic nitrogens is 3. The Morgan fingerprint density at radius 2 is 1.85 bits per heavy atom. The number of unbranched alkanes of at least 4 members (excludes halogenated alkanes) is 1. The van der Waals surface area contributed by atoms with Crippen LogP contribution in [0.3, 0.4) is 0 Å². The predicted octanol–water partition coefficient (Wildman–Crippen LogP) is 5.20. The second-order valence-corrected chi connectivity index (χ2v) is 10.9. The van der Waals surface area contributed by atoms with Gasteiger partial charge in [0.25, 0.3) is 5.56 Å². The minimum atomic E-state index is -4.51. The fourth-order valence-electron chi connectivity index (χ4n) is 4.54. The van der Waals surface area contributed by atoms with E-state index in [1.165, 1.54) is 41.1 Å². The molecule has 1 N–H and O–H groups in total. The molecule has 0 amide bonds. The Bertz CT molecular complexity index is 1710. The number of sulfone groups is 1. The Morgan fingerprint density at radius 1 is 1.10 bits per heavy atom. The van der Waals surface area contributed by atoms with Gasteiger partial charge in [0.1, 0.15) is 5.82 Å². The second-order valence-electron chi connectivity index (χ2n) is 8.99. The Morgan fingerprint density at radius 3 is 2.49 bits per heavy atom. The van der Waals surface area contributed by atoms with Crippen molar-refractivity contribution in [3.63, 3.8) is 0 Å². The number of nitrogens with zero attached hydrogens (tertiary/aromatic N) is 4. The molecule has 0 radical (unpaired) electrons. The monoisotopic (exact) mass is 546 g/mol. The molecule has 2 aromatic carbocycles. The highest BCUT2D eigenvalue weighted by atomic mass is 32.2. The summed E-state index contributed by atoms with van der Waals surface area (Å²) in [7, 11) is -4.51. The van der Waals surface area contributed by atoms with Crippen LogP contribution in [0.2, 0.25) is 0 Å². The maximum atomic E-state index is 14.1. The third-order valence-electron chi connectivity index (χ3n) is 6.49. The molecule has 2 aromatic heterocycles. The van der Waals surface area contributed by atoms with Gasteiger partial charge < -0.3 is 5.11 Å². The molecule has 39 heavy (non-hydrogen) atoms. The van der Waals surface area contributed by atoms with Crippen LogP contribution in [0.5, 0.6) is 5.88 Å². The van der Waals surface area contributed by atoms with Gasteiger partial charge in [-0.1, -0.05) is 44.5 Å². The first-order chi connectivity index (χ1) is 18.7. The highest BCUT2D eigenvalue weighted by Crippen LogP contribution is 2.34. The highest BCUT2D eigenvalue weighted by molar-refractivity contribution is 7.91. The number of hydrogen-bond donors (Lipinski definition) is 1. The molecule has 8 nitrogen and oxygen atoms in total. The van der Waals surface area contributed by atoms with Crippen molar-refractivity contribution < 1.29 is 17.9 Å². The summed E-state index contributed by atoms with van der Waals surface area (Å²) in [6, 6.07) is 16.7. The lowest BCUT2D eigenvalue weighted by Crippen LogP contribution is -2.27. The van der Waals surface area contributed by atoms with Gasteiger partial charge in [-0.2, -0.15) is 14.6 Å². The number of halogens is 1. The molecule has 0 aliphatic carbocycles. The molecule has 0 fully saturated rings. The van der Waals surface area contributed by atoms with Gasteiger partial charge in [0.2, 0.25) is 21.7 Å². The molecule has 0 saturated heterocycles. The molecule has 200 valence electrons. The first-order valence-electron chi connectivity index (χ1n) is 12.5. The maximum absolute atomic E-state index is 14.1. The van der Waals surface area contributed by atoms with Crippen molar-refractivity contribution in [1.29, 1.82) is 5.26 Å². The van der Waals surface area contributed by atoms with Gasteiger partial charge in [-0.15, -0.1) is 0 Å². The van der Waals surface area contributed by atoms with E-state index in [1.54, 1.807) is 30.3 Å². The van der Waals surface area contributed by atoms with Crippen LogP contribution >= 0.6 is 0 Å². The average Bonchev–Trinajstić information content (AvgIpc) is 2.94. The normalized spacial score (nSPS) is 12.2. The van der Waals surface area contributed by atoms with Gasteiger partial charge in [0.15, 0.2) is 4.90 Å². The number of nitriles is 1. The zero-order valence-electron chi connectivity index (χ0n) is 21.5. The first kappa shape index (κ1) is 27.7. The van der Waals surface area contributed by atoms with Crippen LogP contribution in [0.15, 0.2) is 81.4 Å². The molecular weight excluding hydrogens is 519 g/mol. The van der Waals surface area contributed by atoms with E-state index in [0.717, 1.165) is 6.42 Å². The van der Waals surface area contributed by atoms with Crippen LogP contribution in [0.4, 0.5) is 4.39 Å². The Hall–Kier alpha value is -4.36. The summed E-state index contributed by atoms with van der Waals surface area (Å²) in [6.45, 7) is 3.82. The van der Waals surface area contributed by atoms with Crippen LogP contribution < -0.4 is 5.56 Å². The minimum absolute atomic E-state index is 0.194. The molecule has 1 atom stereocenters. The van der Waals surface area contributed by atoms with Gasteiger partial charge in [0, 0.05) is 18.2 Å². The number of hydrogen-bond acceptors (Lipinski definition) is 7. The Kier molecular flexibility index (Phi) is 8.21. The predicted molar refractivity (Wildman–Crippen MR) is 143 cm³/mol. The fraction of sp³-hybridized carbons (Fsp3) is 0.241. The summed E-state index contributed by atoms with van der Waals surface area (Å²) in [5, 5.41) is 20.8. The molecule has 4 rings (SSSR count).